The number of benzene rings is 1. The third-order valence-electron chi connectivity index (χ3n) is 2.74. The number of aromatic nitrogens is 2. The first-order valence-electron chi connectivity index (χ1n) is 5.52. The van der Waals surface area contributed by atoms with Gasteiger partial charge in [0.05, 0.1) is 15.2 Å². The van der Waals surface area contributed by atoms with E-state index in [0.717, 1.165) is 21.8 Å². The molecule has 0 saturated heterocycles. The summed E-state index contributed by atoms with van der Waals surface area (Å²) in [6.45, 7) is 4.04. The van der Waals surface area contributed by atoms with Crippen LogP contribution in [0.1, 0.15) is 10.7 Å². The first-order chi connectivity index (χ1) is 8.22. The highest BCUT2D eigenvalue weighted by atomic mass is 32.1. The SMILES string of the molecule is Cc1ccc(-c2ccc3sc(C)nc3c2)cn1. The highest BCUT2D eigenvalue weighted by Gasteiger charge is 2.03. The number of pyridine rings is 1. The number of aryl methyl sites for hydroxylation is 2. The molecule has 0 aliphatic rings. The van der Waals surface area contributed by atoms with Gasteiger partial charge in [-0.1, -0.05) is 12.1 Å². The topological polar surface area (TPSA) is 25.8 Å². The summed E-state index contributed by atoms with van der Waals surface area (Å²) < 4.78 is 1.24. The second kappa shape index (κ2) is 3.93. The molecule has 3 heteroatoms. The van der Waals surface area contributed by atoms with E-state index in [4.69, 9.17) is 0 Å². The summed E-state index contributed by atoms with van der Waals surface area (Å²) in [5.74, 6) is 0. The first-order valence-corrected chi connectivity index (χ1v) is 6.34. The molecule has 0 atom stereocenters. The van der Waals surface area contributed by atoms with Crippen molar-refractivity contribution in [2.75, 3.05) is 0 Å². The van der Waals surface area contributed by atoms with Crippen molar-refractivity contribution in [2.45, 2.75) is 13.8 Å². The predicted molar refractivity (Wildman–Crippen MR) is 72.3 cm³/mol. The zero-order valence-corrected chi connectivity index (χ0v) is 10.6. The molecule has 0 aliphatic heterocycles. The molecule has 3 aromatic rings. The van der Waals surface area contributed by atoms with Crippen molar-refractivity contribution in [2.24, 2.45) is 0 Å². The Hall–Kier alpha value is -1.74. The highest BCUT2D eigenvalue weighted by molar-refractivity contribution is 7.18. The molecule has 0 amide bonds. The number of hydrogen-bond acceptors (Lipinski definition) is 3. The molecule has 0 spiro atoms. The predicted octanol–water partition coefficient (Wildman–Crippen LogP) is 3.98. The Morgan fingerprint density at radius 3 is 2.59 bits per heavy atom. The van der Waals surface area contributed by atoms with Gasteiger partial charge in [0.15, 0.2) is 0 Å². The van der Waals surface area contributed by atoms with Crippen LogP contribution in [0.3, 0.4) is 0 Å². The number of thiazole rings is 1. The van der Waals surface area contributed by atoms with Gasteiger partial charge in [-0.25, -0.2) is 4.98 Å². The molecule has 2 heterocycles. The molecule has 2 aromatic heterocycles. The van der Waals surface area contributed by atoms with Gasteiger partial charge in [-0.2, -0.15) is 0 Å². The van der Waals surface area contributed by atoms with Gasteiger partial charge < -0.3 is 0 Å². The van der Waals surface area contributed by atoms with Crippen LogP contribution in [0.2, 0.25) is 0 Å². The van der Waals surface area contributed by atoms with Crippen LogP contribution in [-0.4, -0.2) is 9.97 Å². The fourth-order valence-corrected chi connectivity index (χ4v) is 2.67. The molecule has 84 valence electrons. The van der Waals surface area contributed by atoms with Gasteiger partial charge in [-0.3, -0.25) is 4.98 Å². The fraction of sp³-hybridized carbons (Fsp3) is 0.143. The minimum Gasteiger partial charge on any atom is -0.261 e. The number of nitrogens with zero attached hydrogens (tertiary/aromatic N) is 2. The molecule has 0 unspecified atom stereocenters. The van der Waals surface area contributed by atoms with Crippen LogP contribution in [-0.2, 0) is 0 Å². The Bertz CT molecular complexity index is 668. The van der Waals surface area contributed by atoms with E-state index in [0.29, 0.717) is 0 Å². The van der Waals surface area contributed by atoms with Crippen molar-refractivity contribution < 1.29 is 0 Å². The number of rotatable bonds is 1. The lowest BCUT2D eigenvalue weighted by molar-refractivity contribution is 1.20. The lowest BCUT2D eigenvalue weighted by Gasteiger charge is -2.01. The van der Waals surface area contributed by atoms with E-state index in [1.54, 1.807) is 11.3 Å². The Morgan fingerprint density at radius 1 is 1.00 bits per heavy atom. The maximum absolute atomic E-state index is 4.51. The van der Waals surface area contributed by atoms with E-state index >= 15 is 0 Å². The van der Waals surface area contributed by atoms with Crippen molar-refractivity contribution >= 4 is 21.6 Å². The second-order valence-corrected chi connectivity index (χ2v) is 5.34. The summed E-state index contributed by atoms with van der Waals surface area (Å²) in [6.07, 6.45) is 1.91. The third kappa shape index (κ3) is 1.94. The molecular weight excluding hydrogens is 228 g/mol. The summed E-state index contributed by atoms with van der Waals surface area (Å²) in [7, 11) is 0. The van der Waals surface area contributed by atoms with Crippen molar-refractivity contribution in [3.63, 3.8) is 0 Å². The van der Waals surface area contributed by atoms with E-state index in [-0.39, 0.29) is 0 Å². The maximum atomic E-state index is 4.51. The normalized spacial score (nSPS) is 10.9. The van der Waals surface area contributed by atoms with Crippen molar-refractivity contribution in [1.29, 1.82) is 0 Å². The first kappa shape index (κ1) is 10.4. The van der Waals surface area contributed by atoms with Gasteiger partial charge in [0.25, 0.3) is 0 Å². The minimum absolute atomic E-state index is 1.04. The monoisotopic (exact) mass is 240 g/mol. The Kier molecular flexibility index (Phi) is 2.41. The van der Waals surface area contributed by atoms with Crippen LogP contribution in [0.5, 0.6) is 0 Å². The molecule has 0 bridgehead atoms. The van der Waals surface area contributed by atoms with Gasteiger partial charge in [0, 0.05) is 17.5 Å². The average Bonchev–Trinajstić information content (AvgIpc) is 2.69. The minimum atomic E-state index is 1.04. The quantitative estimate of drug-likeness (QED) is 0.643. The van der Waals surface area contributed by atoms with Gasteiger partial charge in [-0.05, 0) is 37.6 Å². The van der Waals surface area contributed by atoms with Gasteiger partial charge >= 0.3 is 0 Å². The molecule has 0 aliphatic carbocycles. The van der Waals surface area contributed by atoms with E-state index in [1.165, 1.54) is 10.3 Å². The number of hydrogen-bond donors (Lipinski definition) is 0. The van der Waals surface area contributed by atoms with Crippen LogP contribution < -0.4 is 0 Å². The van der Waals surface area contributed by atoms with Crippen molar-refractivity contribution in [3.8, 4) is 11.1 Å². The zero-order valence-electron chi connectivity index (χ0n) is 9.77. The molecule has 17 heavy (non-hydrogen) atoms. The number of fused-ring (bicyclic) bond motifs is 1. The van der Waals surface area contributed by atoms with Crippen LogP contribution in [0, 0.1) is 13.8 Å². The van der Waals surface area contributed by atoms with Crippen LogP contribution >= 0.6 is 11.3 Å². The van der Waals surface area contributed by atoms with Gasteiger partial charge in [-0.15, -0.1) is 11.3 Å². The summed E-state index contributed by atoms with van der Waals surface area (Å²) in [4.78, 5) is 8.84. The van der Waals surface area contributed by atoms with E-state index in [1.807, 2.05) is 26.1 Å². The Labute approximate surface area is 104 Å². The molecule has 0 fully saturated rings. The highest BCUT2D eigenvalue weighted by Crippen LogP contribution is 2.27. The standard InChI is InChI=1S/C14H12N2S/c1-9-3-4-12(8-15-9)11-5-6-14-13(7-11)16-10(2)17-14/h3-8H,1-2H3. The molecule has 1 aromatic carbocycles. The maximum Gasteiger partial charge on any atom is 0.0907 e. The largest absolute Gasteiger partial charge is 0.261 e. The van der Waals surface area contributed by atoms with Crippen LogP contribution in [0.4, 0.5) is 0 Å². The molecule has 0 N–H and O–H groups in total. The fourth-order valence-electron chi connectivity index (χ4n) is 1.86. The van der Waals surface area contributed by atoms with E-state index in [2.05, 4.69) is 34.2 Å². The lowest BCUT2D eigenvalue weighted by Crippen LogP contribution is -1.82. The molecule has 2 nitrogen and oxygen atoms in total. The smallest absolute Gasteiger partial charge is 0.0907 e. The van der Waals surface area contributed by atoms with Gasteiger partial charge in [0.1, 0.15) is 0 Å². The van der Waals surface area contributed by atoms with E-state index in [9.17, 15) is 0 Å². The molecule has 0 radical (unpaired) electrons. The van der Waals surface area contributed by atoms with Crippen LogP contribution in [0.25, 0.3) is 21.3 Å². The molecular formula is C14H12N2S. The lowest BCUT2D eigenvalue weighted by atomic mass is 10.1. The molecule has 0 saturated carbocycles. The van der Waals surface area contributed by atoms with Gasteiger partial charge in [0.2, 0.25) is 0 Å². The molecule has 3 rings (SSSR count). The third-order valence-corrected chi connectivity index (χ3v) is 3.69. The summed E-state index contributed by atoms with van der Waals surface area (Å²) in [6, 6.07) is 10.5. The van der Waals surface area contributed by atoms with E-state index < -0.39 is 0 Å². The Balaban J connectivity index is 2.13. The Morgan fingerprint density at radius 2 is 1.82 bits per heavy atom. The summed E-state index contributed by atoms with van der Waals surface area (Å²) in [5.41, 5.74) is 4.43. The second-order valence-electron chi connectivity index (χ2n) is 4.10. The van der Waals surface area contributed by atoms with Crippen LogP contribution in [0.15, 0.2) is 36.5 Å². The summed E-state index contributed by atoms with van der Waals surface area (Å²) in [5, 5.41) is 1.11. The zero-order chi connectivity index (χ0) is 11.8. The average molecular weight is 240 g/mol. The summed E-state index contributed by atoms with van der Waals surface area (Å²) >= 11 is 1.73. The van der Waals surface area contributed by atoms with Crippen molar-refractivity contribution in [1.82, 2.24) is 9.97 Å². The van der Waals surface area contributed by atoms with Crippen molar-refractivity contribution in [3.05, 3.63) is 47.2 Å².